The molecule has 2 amide bonds. The summed E-state index contributed by atoms with van der Waals surface area (Å²) < 4.78 is 0. The van der Waals surface area contributed by atoms with E-state index in [1.807, 2.05) is 36.4 Å². The molecule has 2 aromatic carbocycles. The molecule has 4 heteroatoms. The summed E-state index contributed by atoms with van der Waals surface area (Å²) in [5.74, 6) is -0.515. The molecule has 2 rings (SSSR count). The number of rotatable bonds is 5. The number of hydrogen-bond donors (Lipinski definition) is 2. The molecule has 0 fully saturated rings. The summed E-state index contributed by atoms with van der Waals surface area (Å²) in [5, 5.41) is 3.06. The lowest BCUT2D eigenvalue weighted by molar-refractivity contribution is 0.0942. The van der Waals surface area contributed by atoms with E-state index < -0.39 is 5.91 Å². The second-order valence-electron chi connectivity index (χ2n) is 8.30. The molecule has 138 valence electrons. The zero-order valence-electron chi connectivity index (χ0n) is 16.2. The molecule has 4 nitrogen and oxygen atoms in total. The molecule has 0 heterocycles. The highest BCUT2D eigenvalue weighted by Gasteiger charge is 2.25. The van der Waals surface area contributed by atoms with E-state index >= 15 is 0 Å². The molecular formula is C22H28N2O2. The monoisotopic (exact) mass is 352 g/mol. The van der Waals surface area contributed by atoms with Gasteiger partial charge in [0, 0.05) is 23.1 Å². The number of carbonyl (C=O) groups excluding carboxylic acids is 2. The molecule has 0 saturated carbocycles. The van der Waals surface area contributed by atoms with Gasteiger partial charge in [-0.15, -0.1) is 0 Å². The van der Waals surface area contributed by atoms with Crippen LogP contribution in [0.15, 0.2) is 48.5 Å². The fourth-order valence-corrected chi connectivity index (χ4v) is 2.92. The van der Waals surface area contributed by atoms with Crippen LogP contribution in [0.25, 0.3) is 0 Å². The van der Waals surface area contributed by atoms with Crippen LogP contribution in [-0.2, 0) is 10.8 Å². The minimum absolute atomic E-state index is 0.0719. The molecule has 0 aliphatic carbocycles. The third-order valence-electron chi connectivity index (χ3n) is 4.62. The smallest absolute Gasteiger partial charge is 0.251 e. The van der Waals surface area contributed by atoms with Crippen LogP contribution >= 0.6 is 0 Å². The predicted octanol–water partition coefficient (Wildman–Crippen LogP) is 3.79. The van der Waals surface area contributed by atoms with Crippen LogP contribution in [0, 0.1) is 0 Å². The molecule has 0 bridgehead atoms. The highest BCUT2D eigenvalue weighted by molar-refractivity contribution is 5.96. The lowest BCUT2D eigenvalue weighted by Gasteiger charge is -2.27. The molecule has 0 aliphatic rings. The summed E-state index contributed by atoms with van der Waals surface area (Å²) in [4.78, 5) is 24.0. The average Bonchev–Trinajstić information content (AvgIpc) is 2.59. The zero-order valence-corrected chi connectivity index (χ0v) is 16.2. The van der Waals surface area contributed by atoms with Crippen LogP contribution in [0.2, 0.25) is 0 Å². The van der Waals surface area contributed by atoms with E-state index in [1.165, 1.54) is 0 Å². The van der Waals surface area contributed by atoms with E-state index in [1.54, 1.807) is 12.1 Å². The fourth-order valence-electron chi connectivity index (χ4n) is 2.92. The van der Waals surface area contributed by atoms with E-state index in [4.69, 9.17) is 5.73 Å². The SMILES string of the molecule is CC(C)(C)c1ccccc1C(=O)NCC(C)(C)c1ccc(C(N)=O)cc1. The van der Waals surface area contributed by atoms with Crippen LogP contribution in [0.3, 0.4) is 0 Å². The molecule has 0 aromatic heterocycles. The van der Waals surface area contributed by atoms with Gasteiger partial charge in [0.1, 0.15) is 0 Å². The van der Waals surface area contributed by atoms with Crippen molar-refractivity contribution in [3.63, 3.8) is 0 Å². The molecule has 3 N–H and O–H groups in total. The Kier molecular flexibility index (Phi) is 5.55. The van der Waals surface area contributed by atoms with E-state index in [2.05, 4.69) is 39.9 Å². The number of carbonyl (C=O) groups is 2. The van der Waals surface area contributed by atoms with Gasteiger partial charge in [-0.25, -0.2) is 0 Å². The topological polar surface area (TPSA) is 72.2 Å². The second kappa shape index (κ2) is 7.32. The molecule has 26 heavy (non-hydrogen) atoms. The maximum Gasteiger partial charge on any atom is 0.251 e. The van der Waals surface area contributed by atoms with E-state index in [-0.39, 0.29) is 16.7 Å². The van der Waals surface area contributed by atoms with Crippen LogP contribution in [0.5, 0.6) is 0 Å². The van der Waals surface area contributed by atoms with Crippen molar-refractivity contribution in [2.75, 3.05) is 6.54 Å². The van der Waals surface area contributed by atoms with Gasteiger partial charge in [-0.2, -0.15) is 0 Å². The molecule has 0 atom stereocenters. The van der Waals surface area contributed by atoms with Crippen LogP contribution in [0.4, 0.5) is 0 Å². The quantitative estimate of drug-likeness (QED) is 0.859. The second-order valence-corrected chi connectivity index (χ2v) is 8.30. The van der Waals surface area contributed by atoms with Gasteiger partial charge in [0.15, 0.2) is 0 Å². The molecule has 0 unspecified atom stereocenters. The summed E-state index contributed by atoms with van der Waals surface area (Å²) >= 11 is 0. The van der Waals surface area contributed by atoms with Gasteiger partial charge in [0.25, 0.3) is 5.91 Å². The Hall–Kier alpha value is -2.62. The Bertz CT molecular complexity index is 800. The van der Waals surface area contributed by atoms with Crippen LogP contribution < -0.4 is 11.1 Å². The minimum Gasteiger partial charge on any atom is -0.366 e. The highest BCUT2D eigenvalue weighted by Crippen LogP contribution is 2.26. The predicted molar refractivity (Wildman–Crippen MR) is 105 cm³/mol. The van der Waals surface area contributed by atoms with Crippen molar-refractivity contribution in [2.45, 2.75) is 45.4 Å². The zero-order chi connectivity index (χ0) is 19.5. The van der Waals surface area contributed by atoms with Crippen molar-refractivity contribution < 1.29 is 9.59 Å². The number of primary amides is 1. The normalized spacial score (nSPS) is 11.9. The summed E-state index contributed by atoms with van der Waals surface area (Å²) in [6.45, 7) is 10.9. The van der Waals surface area contributed by atoms with Gasteiger partial charge in [-0.1, -0.05) is 65.0 Å². The standard InChI is InChI=1S/C22H28N2O2/c1-21(2,3)18-9-7-6-8-17(18)20(26)24-14-22(4,5)16-12-10-15(11-13-16)19(23)25/h6-13H,14H2,1-5H3,(H2,23,25)(H,24,26). The van der Waals surface area contributed by atoms with E-state index in [0.717, 1.165) is 11.1 Å². The number of amides is 2. The maximum atomic E-state index is 12.8. The van der Waals surface area contributed by atoms with Gasteiger partial charge in [-0.3, -0.25) is 9.59 Å². The average molecular weight is 352 g/mol. The highest BCUT2D eigenvalue weighted by atomic mass is 16.2. The van der Waals surface area contributed by atoms with Gasteiger partial charge in [0.05, 0.1) is 0 Å². The summed E-state index contributed by atoms with van der Waals surface area (Å²) in [7, 11) is 0. The van der Waals surface area contributed by atoms with E-state index in [0.29, 0.717) is 17.7 Å². The van der Waals surface area contributed by atoms with E-state index in [9.17, 15) is 9.59 Å². The van der Waals surface area contributed by atoms with Crippen LogP contribution in [0.1, 0.15) is 66.5 Å². The van der Waals surface area contributed by atoms with Gasteiger partial charge in [-0.05, 0) is 34.7 Å². The Morgan fingerprint density at radius 3 is 2.04 bits per heavy atom. The molecule has 2 aromatic rings. The Morgan fingerprint density at radius 2 is 1.50 bits per heavy atom. The van der Waals surface area contributed by atoms with Crippen molar-refractivity contribution in [3.05, 3.63) is 70.8 Å². The molecule has 0 aliphatic heterocycles. The lowest BCUT2D eigenvalue weighted by Crippen LogP contribution is -2.37. The van der Waals surface area contributed by atoms with Crippen molar-refractivity contribution in [1.82, 2.24) is 5.32 Å². The Balaban J connectivity index is 2.15. The first-order valence-electron chi connectivity index (χ1n) is 8.80. The number of nitrogens with two attached hydrogens (primary N) is 1. The summed E-state index contributed by atoms with van der Waals surface area (Å²) in [6, 6.07) is 14.9. The van der Waals surface area contributed by atoms with Gasteiger partial charge < -0.3 is 11.1 Å². The van der Waals surface area contributed by atoms with Crippen LogP contribution in [-0.4, -0.2) is 18.4 Å². The summed E-state index contributed by atoms with van der Waals surface area (Å²) in [6.07, 6.45) is 0. The van der Waals surface area contributed by atoms with Crippen molar-refractivity contribution in [2.24, 2.45) is 5.73 Å². The molecule has 0 radical (unpaired) electrons. The Labute approximate surface area is 155 Å². The van der Waals surface area contributed by atoms with Crippen molar-refractivity contribution in [1.29, 1.82) is 0 Å². The van der Waals surface area contributed by atoms with Gasteiger partial charge >= 0.3 is 0 Å². The molecule has 0 spiro atoms. The largest absolute Gasteiger partial charge is 0.366 e. The molecular weight excluding hydrogens is 324 g/mol. The Morgan fingerprint density at radius 1 is 0.923 bits per heavy atom. The molecule has 0 saturated heterocycles. The van der Waals surface area contributed by atoms with Crippen molar-refractivity contribution >= 4 is 11.8 Å². The first kappa shape index (κ1) is 19.7. The first-order chi connectivity index (χ1) is 12.0. The van der Waals surface area contributed by atoms with Gasteiger partial charge in [0.2, 0.25) is 5.91 Å². The lowest BCUT2D eigenvalue weighted by atomic mass is 9.82. The number of nitrogens with one attached hydrogen (secondary N) is 1. The third kappa shape index (κ3) is 4.51. The fraction of sp³-hybridized carbons (Fsp3) is 0.364. The first-order valence-corrected chi connectivity index (χ1v) is 8.80. The maximum absolute atomic E-state index is 12.8. The van der Waals surface area contributed by atoms with Crippen molar-refractivity contribution in [3.8, 4) is 0 Å². The summed E-state index contributed by atoms with van der Waals surface area (Å²) in [5.41, 5.74) is 8.16. The minimum atomic E-state index is -0.443. The third-order valence-corrected chi connectivity index (χ3v) is 4.62. The number of benzene rings is 2. The number of hydrogen-bond acceptors (Lipinski definition) is 2.